The molecule has 0 saturated carbocycles. The molecule has 0 atom stereocenters. The number of benzene rings is 2. The van der Waals surface area contributed by atoms with E-state index in [-0.39, 0.29) is 0 Å². The molecular formula is C15H12N4O3S. The fourth-order valence-electron chi connectivity index (χ4n) is 1.93. The summed E-state index contributed by atoms with van der Waals surface area (Å²) in [7, 11) is 0. The summed E-state index contributed by atoms with van der Waals surface area (Å²) in [6.07, 6.45) is 0. The number of carbonyl (C=O) groups excluding carboxylic acids is 2. The summed E-state index contributed by atoms with van der Waals surface area (Å²) in [5.41, 5.74) is 8.26. The average Bonchev–Trinajstić information content (AvgIpc) is 3.03. The minimum Gasteiger partial charge on any atom is -0.452 e. The van der Waals surface area contributed by atoms with Crippen LogP contribution in [0.4, 0.5) is 11.4 Å². The summed E-state index contributed by atoms with van der Waals surface area (Å²) in [5.74, 6) is -1.04. The number of nitrogens with two attached hydrogens (primary N) is 1. The highest BCUT2D eigenvalue weighted by molar-refractivity contribution is 7.00. The predicted octanol–water partition coefficient (Wildman–Crippen LogP) is 2.07. The molecule has 0 saturated heterocycles. The zero-order valence-corrected chi connectivity index (χ0v) is 12.7. The number of nitrogens with one attached hydrogen (secondary N) is 1. The Morgan fingerprint density at radius 3 is 2.70 bits per heavy atom. The topological polar surface area (TPSA) is 107 Å². The third kappa shape index (κ3) is 3.43. The lowest BCUT2D eigenvalue weighted by molar-refractivity contribution is -0.119. The van der Waals surface area contributed by atoms with Crippen LogP contribution >= 0.6 is 11.7 Å². The van der Waals surface area contributed by atoms with Crippen LogP contribution in [0.5, 0.6) is 0 Å². The van der Waals surface area contributed by atoms with Gasteiger partial charge in [0, 0.05) is 5.69 Å². The summed E-state index contributed by atoms with van der Waals surface area (Å²) in [6, 6.07) is 11.5. The summed E-state index contributed by atoms with van der Waals surface area (Å²) in [5, 5.41) is 2.65. The van der Waals surface area contributed by atoms with Crippen molar-refractivity contribution in [3.05, 3.63) is 48.0 Å². The molecule has 116 valence electrons. The Labute approximate surface area is 135 Å². The second-order valence-corrected chi connectivity index (χ2v) is 5.21. The molecule has 0 aliphatic carbocycles. The van der Waals surface area contributed by atoms with Gasteiger partial charge in [-0.2, -0.15) is 8.75 Å². The fourth-order valence-corrected chi connectivity index (χ4v) is 2.48. The molecule has 0 fully saturated rings. The van der Waals surface area contributed by atoms with Crippen molar-refractivity contribution in [1.82, 2.24) is 8.75 Å². The monoisotopic (exact) mass is 328 g/mol. The number of ether oxygens (including phenoxy) is 1. The lowest BCUT2D eigenvalue weighted by Crippen LogP contribution is -2.21. The van der Waals surface area contributed by atoms with Crippen LogP contribution in [0.1, 0.15) is 10.4 Å². The van der Waals surface area contributed by atoms with Gasteiger partial charge in [0.1, 0.15) is 11.0 Å². The van der Waals surface area contributed by atoms with E-state index in [0.29, 0.717) is 28.0 Å². The maximum Gasteiger partial charge on any atom is 0.338 e. The van der Waals surface area contributed by atoms with Gasteiger partial charge in [-0.25, -0.2) is 4.79 Å². The number of nitrogens with zero attached hydrogens (tertiary/aromatic N) is 2. The van der Waals surface area contributed by atoms with E-state index in [1.807, 2.05) is 0 Å². The number of fused-ring (bicyclic) bond motifs is 1. The highest BCUT2D eigenvalue weighted by Crippen LogP contribution is 2.20. The fraction of sp³-hybridized carbons (Fsp3) is 0.0667. The Bertz CT molecular complexity index is 861. The number of amides is 1. The second kappa shape index (κ2) is 6.41. The van der Waals surface area contributed by atoms with E-state index in [1.165, 1.54) is 12.1 Å². The molecule has 2 aromatic carbocycles. The summed E-state index contributed by atoms with van der Waals surface area (Å²) >= 11 is 1.06. The van der Waals surface area contributed by atoms with Crippen molar-refractivity contribution < 1.29 is 14.3 Å². The number of aromatic nitrogens is 2. The van der Waals surface area contributed by atoms with E-state index >= 15 is 0 Å². The van der Waals surface area contributed by atoms with Crippen LogP contribution in [0, 0.1) is 0 Å². The molecule has 0 bridgehead atoms. The van der Waals surface area contributed by atoms with Crippen molar-refractivity contribution in [3.63, 3.8) is 0 Å². The Balaban J connectivity index is 1.60. The molecule has 1 aromatic heterocycles. The normalized spacial score (nSPS) is 10.4. The van der Waals surface area contributed by atoms with Gasteiger partial charge in [-0.15, -0.1) is 0 Å². The number of hydrogen-bond acceptors (Lipinski definition) is 7. The molecule has 23 heavy (non-hydrogen) atoms. The van der Waals surface area contributed by atoms with Gasteiger partial charge in [0.15, 0.2) is 6.61 Å². The number of nitrogen functional groups attached to an aromatic ring is 1. The standard InChI is InChI=1S/C15H12N4O3S/c16-10-6-4-9(5-7-10)15(21)22-8-13(20)17-11-2-1-3-12-14(11)19-23-18-12/h1-7H,8,16H2,(H,17,20). The van der Waals surface area contributed by atoms with Crippen molar-refractivity contribution in [2.75, 3.05) is 17.7 Å². The van der Waals surface area contributed by atoms with E-state index < -0.39 is 18.5 Å². The number of anilines is 2. The van der Waals surface area contributed by atoms with Crippen molar-refractivity contribution in [2.24, 2.45) is 0 Å². The molecule has 3 rings (SSSR count). The first-order valence-corrected chi connectivity index (χ1v) is 7.40. The van der Waals surface area contributed by atoms with E-state index in [9.17, 15) is 9.59 Å². The molecular weight excluding hydrogens is 316 g/mol. The van der Waals surface area contributed by atoms with Crippen LogP contribution in [0.2, 0.25) is 0 Å². The quantitative estimate of drug-likeness (QED) is 0.561. The van der Waals surface area contributed by atoms with E-state index in [0.717, 1.165) is 11.7 Å². The van der Waals surface area contributed by atoms with Crippen molar-refractivity contribution in [2.45, 2.75) is 0 Å². The molecule has 0 unspecified atom stereocenters. The van der Waals surface area contributed by atoms with Crippen LogP contribution < -0.4 is 11.1 Å². The highest BCUT2D eigenvalue weighted by atomic mass is 32.1. The number of rotatable bonds is 4. The first-order valence-electron chi connectivity index (χ1n) is 6.67. The van der Waals surface area contributed by atoms with Crippen LogP contribution in [-0.2, 0) is 9.53 Å². The van der Waals surface area contributed by atoms with Gasteiger partial charge in [0.05, 0.1) is 23.0 Å². The molecule has 0 radical (unpaired) electrons. The van der Waals surface area contributed by atoms with Gasteiger partial charge in [-0.3, -0.25) is 4.79 Å². The van der Waals surface area contributed by atoms with Crippen LogP contribution in [0.15, 0.2) is 42.5 Å². The summed E-state index contributed by atoms with van der Waals surface area (Å²) < 4.78 is 13.2. The SMILES string of the molecule is Nc1ccc(C(=O)OCC(=O)Nc2cccc3nsnc23)cc1. The third-order valence-electron chi connectivity index (χ3n) is 3.04. The third-order valence-corrected chi connectivity index (χ3v) is 3.58. The molecule has 0 aliphatic heterocycles. The number of hydrogen-bond donors (Lipinski definition) is 2. The van der Waals surface area contributed by atoms with Crippen molar-refractivity contribution in [1.29, 1.82) is 0 Å². The number of carbonyl (C=O) groups is 2. The molecule has 8 heteroatoms. The number of esters is 1. The minimum atomic E-state index is -0.589. The van der Waals surface area contributed by atoms with Crippen molar-refractivity contribution >= 4 is 46.0 Å². The van der Waals surface area contributed by atoms with Gasteiger partial charge < -0.3 is 15.8 Å². The Kier molecular flexibility index (Phi) is 4.15. The Hall–Kier alpha value is -3.00. The van der Waals surface area contributed by atoms with E-state index in [1.54, 1.807) is 30.3 Å². The summed E-state index contributed by atoms with van der Waals surface area (Å²) in [4.78, 5) is 23.7. The largest absolute Gasteiger partial charge is 0.452 e. The first-order chi connectivity index (χ1) is 11.1. The average molecular weight is 328 g/mol. The van der Waals surface area contributed by atoms with Gasteiger partial charge >= 0.3 is 5.97 Å². The molecule has 3 N–H and O–H groups in total. The van der Waals surface area contributed by atoms with Gasteiger partial charge in [-0.05, 0) is 36.4 Å². The molecule has 3 aromatic rings. The molecule has 1 heterocycles. The predicted molar refractivity (Wildman–Crippen MR) is 87.2 cm³/mol. The molecule has 7 nitrogen and oxygen atoms in total. The summed E-state index contributed by atoms with van der Waals surface area (Å²) in [6.45, 7) is -0.392. The van der Waals surface area contributed by atoms with E-state index in [2.05, 4.69) is 14.1 Å². The molecule has 1 amide bonds. The Morgan fingerprint density at radius 1 is 1.13 bits per heavy atom. The highest BCUT2D eigenvalue weighted by Gasteiger charge is 2.12. The van der Waals surface area contributed by atoms with Crippen molar-refractivity contribution in [3.8, 4) is 0 Å². The van der Waals surface area contributed by atoms with Gasteiger partial charge in [0.25, 0.3) is 5.91 Å². The minimum absolute atomic E-state index is 0.331. The second-order valence-electron chi connectivity index (χ2n) is 4.68. The van der Waals surface area contributed by atoms with Crippen LogP contribution in [0.25, 0.3) is 11.0 Å². The first kappa shape index (κ1) is 14.9. The maximum absolute atomic E-state index is 11.9. The van der Waals surface area contributed by atoms with Gasteiger partial charge in [0.2, 0.25) is 0 Å². The smallest absolute Gasteiger partial charge is 0.338 e. The van der Waals surface area contributed by atoms with Crippen LogP contribution in [-0.4, -0.2) is 27.2 Å². The zero-order chi connectivity index (χ0) is 16.2. The van der Waals surface area contributed by atoms with E-state index in [4.69, 9.17) is 10.5 Å². The van der Waals surface area contributed by atoms with Crippen LogP contribution in [0.3, 0.4) is 0 Å². The molecule has 0 spiro atoms. The lowest BCUT2D eigenvalue weighted by atomic mass is 10.2. The Morgan fingerprint density at radius 2 is 1.91 bits per heavy atom. The lowest BCUT2D eigenvalue weighted by Gasteiger charge is -2.07. The molecule has 0 aliphatic rings. The van der Waals surface area contributed by atoms with Gasteiger partial charge in [-0.1, -0.05) is 6.07 Å². The zero-order valence-electron chi connectivity index (χ0n) is 11.9. The maximum atomic E-state index is 11.9.